The number of fused-ring (bicyclic) bond motifs is 1. The fourth-order valence-electron chi connectivity index (χ4n) is 2.93. The summed E-state index contributed by atoms with van der Waals surface area (Å²) in [5, 5.41) is 5.02. The molecule has 0 unspecified atom stereocenters. The van der Waals surface area contributed by atoms with Crippen LogP contribution >= 0.6 is 0 Å². The van der Waals surface area contributed by atoms with Gasteiger partial charge in [-0.1, -0.05) is 48.5 Å². The van der Waals surface area contributed by atoms with Crippen molar-refractivity contribution in [3.05, 3.63) is 106 Å². The van der Waals surface area contributed by atoms with Crippen molar-refractivity contribution in [3.63, 3.8) is 0 Å². The van der Waals surface area contributed by atoms with Crippen LogP contribution in [0.15, 0.2) is 83.7 Å². The molecule has 4 aromatic rings. The predicted octanol–water partition coefficient (Wildman–Crippen LogP) is 3.88. The lowest BCUT2D eigenvalue weighted by atomic mass is 10.1. The van der Waals surface area contributed by atoms with E-state index in [0.29, 0.717) is 22.0 Å². The molecule has 0 spiro atoms. The number of hydrogen-bond acceptors (Lipinski definition) is 4. The third-order valence-electron chi connectivity index (χ3n) is 4.26. The first-order valence-electron chi connectivity index (χ1n) is 8.62. The minimum absolute atomic E-state index is 0.0236. The highest BCUT2D eigenvalue weighted by molar-refractivity contribution is 6.02. The second-order valence-electron chi connectivity index (χ2n) is 6.15. The second kappa shape index (κ2) is 7.44. The first-order valence-corrected chi connectivity index (χ1v) is 8.62. The topological polar surface area (TPSA) is 61.2 Å². The number of halogens is 1. The molecule has 1 aromatic heterocycles. The minimum Gasteiger partial charge on any atom is -0.456 e. The summed E-state index contributed by atoms with van der Waals surface area (Å²) in [6.07, 6.45) is 0. The number of esters is 1. The van der Waals surface area contributed by atoms with E-state index in [1.165, 1.54) is 16.8 Å². The van der Waals surface area contributed by atoms with Crippen LogP contribution in [0.4, 0.5) is 4.39 Å². The molecule has 0 saturated carbocycles. The van der Waals surface area contributed by atoms with Crippen LogP contribution < -0.4 is 5.56 Å². The van der Waals surface area contributed by atoms with Crippen LogP contribution in [0.25, 0.3) is 16.5 Å². The largest absolute Gasteiger partial charge is 0.456 e. The van der Waals surface area contributed by atoms with Crippen molar-refractivity contribution in [1.29, 1.82) is 0 Å². The van der Waals surface area contributed by atoms with Gasteiger partial charge in [0.15, 0.2) is 5.69 Å². The van der Waals surface area contributed by atoms with Gasteiger partial charge in [0.2, 0.25) is 0 Å². The Labute approximate surface area is 159 Å². The molecule has 6 heteroatoms. The van der Waals surface area contributed by atoms with Crippen LogP contribution in [0.2, 0.25) is 0 Å². The SMILES string of the molecule is O=C(OCc1cccc(F)c1)c1nn(-c2ccccc2)c(=O)c2ccccc12. The molecule has 0 aliphatic heterocycles. The number of ether oxygens (including phenoxy) is 1. The molecule has 0 aliphatic carbocycles. The quantitative estimate of drug-likeness (QED) is 0.509. The van der Waals surface area contributed by atoms with Crippen LogP contribution in [0.1, 0.15) is 16.1 Å². The highest BCUT2D eigenvalue weighted by Crippen LogP contribution is 2.17. The van der Waals surface area contributed by atoms with Crippen LogP contribution in [0, 0.1) is 5.82 Å². The van der Waals surface area contributed by atoms with Gasteiger partial charge in [-0.3, -0.25) is 4.79 Å². The summed E-state index contributed by atoms with van der Waals surface area (Å²) in [4.78, 5) is 25.5. The Morgan fingerprint density at radius 2 is 1.64 bits per heavy atom. The lowest BCUT2D eigenvalue weighted by Crippen LogP contribution is -2.25. The van der Waals surface area contributed by atoms with Crippen molar-refractivity contribution in [3.8, 4) is 5.69 Å². The van der Waals surface area contributed by atoms with Crippen LogP contribution in [0.3, 0.4) is 0 Å². The Morgan fingerprint density at radius 3 is 2.39 bits per heavy atom. The van der Waals surface area contributed by atoms with Gasteiger partial charge >= 0.3 is 5.97 Å². The van der Waals surface area contributed by atoms with Gasteiger partial charge in [0, 0.05) is 5.39 Å². The summed E-state index contributed by atoms with van der Waals surface area (Å²) in [5.74, 6) is -1.10. The maximum Gasteiger partial charge on any atom is 0.359 e. The molecule has 0 amide bonds. The predicted molar refractivity (Wildman–Crippen MR) is 103 cm³/mol. The highest BCUT2D eigenvalue weighted by atomic mass is 19.1. The van der Waals surface area contributed by atoms with Crippen molar-refractivity contribution in [2.75, 3.05) is 0 Å². The second-order valence-corrected chi connectivity index (χ2v) is 6.15. The Kier molecular flexibility index (Phi) is 4.68. The summed E-state index contributed by atoms with van der Waals surface area (Å²) in [6.45, 7) is -0.100. The molecule has 138 valence electrons. The standard InChI is InChI=1S/C22H15FN2O3/c23-16-8-6-7-15(13-16)14-28-22(27)20-18-11-4-5-12-19(18)21(26)25(24-20)17-9-2-1-3-10-17/h1-13H,14H2. The van der Waals surface area contributed by atoms with Gasteiger partial charge in [0.1, 0.15) is 12.4 Å². The molecule has 28 heavy (non-hydrogen) atoms. The molecule has 5 nitrogen and oxygen atoms in total. The summed E-state index contributed by atoms with van der Waals surface area (Å²) >= 11 is 0. The molecule has 0 bridgehead atoms. The lowest BCUT2D eigenvalue weighted by molar-refractivity contribution is 0.0465. The van der Waals surface area contributed by atoms with Gasteiger partial charge in [-0.15, -0.1) is 0 Å². The van der Waals surface area contributed by atoms with E-state index in [0.717, 1.165) is 0 Å². The fourth-order valence-corrected chi connectivity index (χ4v) is 2.93. The molecule has 0 radical (unpaired) electrons. The van der Waals surface area contributed by atoms with E-state index < -0.39 is 11.8 Å². The highest BCUT2D eigenvalue weighted by Gasteiger charge is 2.18. The van der Waals surface area contributed by atoms with E-state index >= 15 is 0 Å². The summed E-state index contributed by atoms with van der Waals surface area (Å²) < 4.78 is 19.8. The smallest absolute Gasteiger partial charge is 0.359 e. The van der Waals surface area contributed by atoms with Crippen molar-refractivity contribution in [2.24, 2.45) is 0 Å². The number of para-hydroxylation sites is 1. The van der Waals surface area contributed by atoms with Crippen molar-refractivity contribution >= 4 is 16.7 Å². The Morgan fingerprint density at radius 1 is 0.929 bits per heavy atom. The van der Waals surface area contributed by atoms with Crippen LogP contribution in [-0.2, 0) is 11.3 Å². The number of carbonyl (C=O) groups is 1. The number of rotatable bonds is 4. The van der Waals surface area contributed by atoms with Crippen molar-refractivity contribution < 1.29 is 13.9 Å². The van der Waals surface area contributed by atoms with E-state index in [-0.39, 0.29) is 17.9 Å². The van der Waals surface area contributed by atoms with E-state index in [2.05, 4.69) is 5.10 Å². The van der Waals surface area contributed by atoms with Crippen molar-refractivity contribution in [2.45, 2.75) is 6.61 Å². The van der Waals surface area contributed by atoms with Crippen LogP contribution in [0.5, 0.6) is 0 Å². The van der Waals surface area contributed by atoms with E-state index in [4.69, 9.17) is 4.74 Å². The Hall–Kier alpha value is -3.80. The molecule has 4 rings (SSSR count). The number of nitrogens with zero attached hydrogens (tertiary/aromatic N) is 2. The Bertz CT molecular complexity index is 1220. The first-order chi connectivity index (χ1) is 13.6. The maximum atomic E-state index is 13.3. The molecule has 0 fully saturated rings. The minimum atomic E-state index is -0.690. The normalized spacial score (nSPS) is 10.8. The third-order valence-corrected chi connectivity index (χ3v) is 4.26. The van der Waals surface area contributed by atoms with Gasteiger partial charge < -0.3 is 4.74 Å². The lowest BCUT2D eigenvalue weighted by Gasteiger charge is -2.11. The molecule has 0 aliphatic rings. The monoisotopic (exact) mass is 374 g/mol. The summed E-state index contributed by atoms with van der Waals surface area (Å²) in [5.41, 5.74) is 0.755. The van der Waals surface area contributed by atoms with Gasteiger partial charge in [-0.25, -0.2) is 9.18 Å². The zero-order valence-corrected chi connectivity index (χ0v) is 14.7. The molecule has 0 N–H and O–H groups in total. The summed E-state index contributed by atoms with van der Waals surface area (Å²) in [7, 11) is 0. The average Bonchev–Trinajstić information content (AvgIpc) is 2.73. The van der Waals surface area contributed by atoms with Gasteiger partial charge in [-0.05, 0) is 35.9 Å². The zero-order chi connectivity index (χ0) is 19.5. The molecule has 0 saturated heterocycles. The molecule has 3 aromatic carbocycles. The van der Waals surface area contributed by atoms with E-state index in [9.17, 15) is 14.0 Å². The molecular formula is C22H15FN2O3. The molecular weight excluding hydrogens is 359 g/mol. The summed E-state index contributed by atoms with van der Waals surface area (Å²) in [6, 6.07) is 21.4. The number of benzene rings is 3. The first kappa shape index (κ1) is 17.6. The number of aromatic nitrogens is 2. The molecule has 1 heterocycles. The average molecular weight is 374 g/mol. The van der Waals surface area contributed by atoms with Gasteiger partial charge in [0.05, 0.1) is 11.1 Å². The van der Waals surface area contributed by atoms with Crippen LogP contribution in [-0.4, -0.2) is 15.7 Å². The molecule has 0 atom stereocenters. The van der Waals surface area contributed by atoms with Crippen molar-refractivity contribution in [1.82, 2.24) is 9.78 Å². The van der Waals surface area contributed by atoms with Gasteiger partial charge in [-0.2, -0.15) is 9.78 Å². The number of carbonyl (C=O) groups excluding carboxylic acids is 1. The zero-order valence-electron chi connectivity index (χ0n) is 14.7. The van der Waals surface area contributed by atoms with E-state index in [1.807, 2.05) is 6.07 Å². The fraction of sp³-hybridized carbons (Fsp3) is 0.0455. The third kappa shape index (κ3) is 3.40. The number of hydrogen-bond donors (Lipinski definition) is 0. The van der Waals surface area contributed by atoms with E-state index in [1.54, 1.807) is 60.7 Å². The van der Waals surface area contributed by atoms with Gasteiger partial charge in [0.25, 0.3) is 5.56 Å². The Balaban J connectivity index is 1.76. The maximum absolute atomic E-state index is 13.3.